The lowest BCUT2D eigenvalue weighted by molar-refractivity contribution is 0.158. The number of aliphatic hydroxyl groups is 1. The van der Waals surface area contributed by atoms with Crippen LogP contribution in [0.3, 0.4) is 0 Å². The molecule has 21 heavy (non-hydrogen) atoms. The summed E-state index contributed by atoms with van der Waals surface area (Å²) < 4.78 is 2.25. The molecule has 1 atom stereocenters. The number of aromatic nitrogens is 2. The standard InChI is InChI=1S/C18H26N2O/c1-2-17(21)18-19-15-10-6-7-11-16(15)20(18)13-12-14-8-4-3-5-9-14/h6-7,10-11,14,17,21H,2-5,8-9,12-13H2,1H3. The highest BCUT2D eigenvalue weighted by Gasteiger charge is 2.19. The zero-order valence-electron chi connectivity index (χ0n) is 13.0. The van der Waals surface area contributed by atoms with Crippen LogP contribution in [0.5, 0.6) is 0 Å². The van der Waals surface area contributed by atoms with E-state index in [0.29, 0.717) is 6.42 Å². The Kier molecular flexibility index (Phi) is 4.59. The number of rotatable bonds is 5. The van der Waals surface area contributed by atoms with Gasteiger partial charge < -0.3 is 9.67 Å². The Morgan fingerprint density at radius 1 is 1.24 bits per heavy atom. The van der Waals surface area contributed by atoms with Gasteiger partial charge in [0.05, 0.1) is 11.0 Å². The van der Waals surface area contributed by atoms with Gasteiger partial charge in [-0.2, -0.15) is 0 Å². The predicted molar refractivity (Wildman–Crippen MR) is 86.2 cm³/mol. The molecule has 0 spiro atoms. The Labute approximate surface area is 127 Å². The molecule has 1 aliphatic rings. The number of aliphatic hydroxyl groups excluding tert-OH is 1. The molecule has 0 aliphatic heterocycles. The fraction of sp³-hybridized carbons (Fsp3) is 0.611. The van der Waals surface area contributed by atoms with E-state index in [1.807, 2.05) is 19.1 Å². The molecule has 114 valence electrons. The van der Waals surface area contributed by atoms with Gasteiger partial charge in [0.15, 0.2) is 0 Å². The van der Waals surface area contributed by atoms with Gasteiger partial charge in [0.2, 0.25) is 0 Å². The number of hydrogen-bond donors (Lipinski definition) is 1. The third-order valence-electron chi connectivity index (χ3n) is 4.85. The summed E-state index contributed by atoms with van der Waals surface area (Å²) in [5, 5.41) is 10.3. The van der Waals surface area contributed by atoms with Crippen LogP contribution in [0.25, 0.3) is 11.0 Å². The second kappa shape index (κ2) is 6.61. The van der Waals surface area contributed by atoms with Crippen molar-refractivity contribution in [3.05, 3.63) is 30.1 Å². The van der Waals surface area contributed by atoms with Crippen molar-refractivity contribution in [1.29, 1.82) is 0 Å². The Balaban J connectivity index is 1.84. The third kappa shape index (κ3) is 3.13. The summed E-state index contributed by atoms with van der Waals surface area (Å²) in [6, 6.07) is 8.24. The lowest BCUT2D eigenvalue weighted by atomic mass is 9.87. The highest BCUT2D eigenvalue weighted by atomic mass is 16.3. The second-order valence-corrected chi connectivity index (χ2v) is 6.33. The molecule has 0 saturated heterocycles. The Morgan fingerprint density at radius 3 is 2.76 bits per heavy atom. The van der Waals surface area contributed by atoms with E-state index in [-0.39, 0.29) is 0 Å². The minimum absolute atomic E-state index is 0.455. The molecular formula is C18H26N2O. The molecule has 1 N–H and O–H groups in total. The Morgan fingerprint density at radius 2 is 2.00 bits per heavy atom. The minimum atomic E-state index is -0.455. The molecule has 1 unspecified atom stereocenters. The Bertz CT molecular complexity index is 584. The normalized spacial score (nSPS) is 18.2. The van der Waals surface area contributed by atoms with Crippen LogP contribution in [0.15, 0.2) is 24.3 Å². The molecule has 1 aromatic heterocycles. The lowest BCUT2D eigenvalue weighted by Crippen LogP contribution is -2.13. The first-order chi connectivity index (χ1) is 10.3. The number of imidazole rings is 1. The molecule has 2 aromatic rings. The summed E-state index contributed by atoms with van der Waals surface area (Å²) in [6.45, 7) is 2.99. The molecule has 0 amide bonds. The van der Waals surface area contributed by atoms with Gasteiger partial charge in [-0.1, -0.05) is 51.2 Å². The largest absolute Gasteiger partial charge is 0.385 e. The van der Waals surface area contributed by atoms with Crippen molar-refractivity contribution >= 4 is 11.0 Å². The molecule has 1 heterocycles. The first-order valence-electron chi connectivity index (χ1n) is 8.42. The molecule has 3 nitrogen and oxygen atoms in total. The van der Waals surface area contributed by atoms with Gasteiger partial charge in [0.1, 0.15) is 11.9 Å². The van der Waals surface area contributed by atoms with Crippen LogP contribution in [0.2, 0.25) is 0 Å². The topological polar surface area (TPSA) is 38.1 Å². The predicted octanol–water partition coefficient (Wildman–Crippen LogP) is 4.45. The number of fused-ring (bicyclic) bond motifs is 1. The summed E-state index contributed by atoms with van der Waals surface area (Å²) in [5.74, 6) is 1.70. The Hall–Kier alpha value is -1.35. The summed E-state index contributed by atoms with van der Waals surface area (Å²) >= 11 is 0. The van der Waals surface area contributed by atoms with Crippen LogP contribution in [-0.2, 0) is 6.54 Å². The first kappa shape index (κ1) is 14.6. The molecule has 3 heteroatoms. The maximum atomic E-state index is 10.3. The van der Waals surface area contributed by atoms with Crippen molar-refractivity contribution < 1.29 is 5.11 Å². The molecule has 1 fully saturated rings. The summed E-state index contributed by atoms with van der Waals surface area (Å²) in [4.78, 5) is 4.66. The molecular weight excluding hydrogens is 260 g/mol. The van der Waals surface area contributed by atoms with E-state index < -0.39 is 6.10 Å². The number of para-hydroxylation sites is 2. The number of benzene rings is 1. The van der Waals surface area contributed by atoms with E-state index in [0.717, 1.165) is 29.3 Å². The number of hydrogen-bond acceptors (Lipinski definition) is 2. The van der Waals surface area contributed by atoms with Crippen LogP contribution < -0.4 is 0 Å². The third-order valence-corrected chi connectivity index (χ3v) is 4.85. The molecule has 1 aromatic carbocycles. The quantitative estimate of drug-likeness (QED) is 0.881. The van der Waals surface area contributed by atoms with Gasteiger partial charge >= 0.3 is 0 Å². The van der Waals surface area contributed by atoms with Gasteiger partial charge in [0, 0.05) is 6.54 Å². The summed E-state index contributed by atoms with van der Waals surface area (Å²) in [7, 11) is 0. The van der Waals surface area contributed by atoms with Gasteiger partial charge in [-0.3, -0.25) is 0 Å². The molecule has 3 rings (SSSR count). The van der Waals surface area contributed by atoms with Crippen molar-refractivity contribution in [3.63, 3.8) is 0 Å². The average molecular weight is 286 g/mol. The SMILES string of the molecule is CCC(O)c1nc2ccccc2n1CCC1CCCCC1. The molecule has 1 saturated carbocycles. The van der Waals surface area contributed by atoms with Crippen LogP contribution in [-0.4, -0.2) is 14.7 Å². The fourth-order valence-electron chi connectivity index (χ4n) is 3.55. The van der Waals surface area contributed by atoms with Crippen molar-refractivity contribution in [1.82, 2.24) is 9.55 Å². The molecule has 0 radical (unpaired) electrons. The minimum Gasteiger partial charge on any atom is -0.385 e. The van der Waals surface area contributed by atoms with Crippen LogP contribution >= 0.6 is 0 Å². The van der Waals surface area contributed by atoms with E-state index in [4.69, 9.17) is 0 Å². The van der Waals surface area contributed by atoms with Crippen molar-refractivity contribution in [2.45, 2.75) is 64.5 Å². The summed E-state index contributed by atoms with van der Waals surface area (Å²) in [6.07, 6.45) is 8.40. The zero-order valence-corrected chi connectivity index (χ0v) is 13.0. The van der Waals surface area contributed by atoms with Crippen LogP contribution in [0.4, 0.5) is 0 Å². The average Bonchev–Trinajstić information content (AvgIpc) is 2.92. The van der Waals surface area contributed by atoms with Crippen LogP contribution in [0.1, 0.15) is 63.8 Å². The number of aryl methyl sites for hydroxylation is 1. The van der Waals surface area contributed by atoms with Gasteiger partial charge in [-0.25, -0.2) is 4.98 Å². The second-order valence-electron chi connectivity index (χ2n) is 6.33. The zero-order chi connectivity index (χ0) is 14.7. The molecule has 1 aliphatic carbocycles. The van der Waals surface area contributed by atoms with Crippen molar-refractivity contribution in [2.75, 3.05) is 0 Å². The summed E-state index contributed by atoms with van der Waals surface area (Å²) in [5.41, 5.74) is 2.17. The fourth-order valence-corrected chi connectivity index (χ4v) is 3.55. The van der Waals surface area contributed by atoms with Crippen molar-refractivity contribution in [2.24, 2.45) is 5.92 Å². The van der Waals surface area contributed by atoms with Gasteiger partial charge in [0.25, 0.3) is 0 Å². The maximum absolute atomic E-state index is 10.3. The lowest BCUT2D eigenvalue weighted by Gasteiger charge is -2.22. The molecule has 0 bridgehead atoms. The first-order valence-corrected chi connectivity index (χ1v) is 8.42. The number of nitrogens with zero attached hydrogens (tertiary/aromatic N) is 2. The monoisotopic (exact) mass is 286 g/mol. The van der Waals surface area contributed by atoms with Crippen molar-refractivity contribution in [3.8, 4) is 0 Å². The smallest absolute Gasteiger partial charge is 0.138 e. The van der Waals surface area contributed by atoms with E-state index in [1.54, 1.807) is 0 Å². The van der Waals surface area contributed by atoms with E-state index in [2.05, 4.69) is 21.7 Å². The van der Waals surface area contributed by atoms with E-state index in [1.165, 1.54) is 38.5 Å². The maximum Gasteiger partial charge on any atom is 0.138 e. The van der Waals surface area contributed by atoms with E-state index >= 15 is 0 Å². The van der Waals surface area contributed by atoms with Gasteiger partial charge in [-0.05, 0) is 30.9 Å². The highest BCUT2D eigenvalue weighted by molar-refractivity contribution is 5.76. The van der Waals surface area contributed by atoms with Gasteiger partial charge in [-0.15, -0.1) is 0 Å². The van der Waals surface area contributed by atoms with Crippen LogP contribution in [0, 0.1) is 5.92 Å². The highest BCUT2D eigenvalue weighted by Crippen LogP contribution is 2.29. The van der Waals surface area contributed by atoms with E-state index in [9.17, 15) is 5.11 Å².